The summed E-state index contributed by atoms with van der Waals surface area (Å²) in [4.78, 5) is 4.39. The molecule has 6 atom stereocenters. The zero-order valence-corrected chi connectivity index (χ0v) is 17.4. The van der Waals surface area contributed by atoms with E-state index in [0.29, 0.717) is 5.92 Å². The van der Waals surface area contributed by atoms with Crippen LogP contribution < -0.4 is 0 Å². The third-order valence-corrected chi connectivity index (χ3v) is 8.98. The summed E-state index contributed by atoms with van der Waals surface area (Å²) in [5.41, 5.74) is 5.85. The van der Waals surface area contributed by atoms with Gasteiger partial charge in [-0.25, -0.2) is 0 Å². The molecule has 5 rings (SSSR count). The topological polar surface area (TPSA) is 45.5 Å². The zero-order chi connectivity index (χ0) is 19.5. The van der Waals surface area contributed by atoms with Crippen molar-refractivity contribution in [2.45, 2.75) is 59.3 Å². The van der Waals surface area contributed by atoms with E-state index in [1.165, 1.54) is 31.2 Å². The van der Waals surface area contributed by atoms with Gasteiger partial charge in [0.05, 0.1) is 5.71 Å². The summed E-state index contributed by atoms with van der Waals surface area (Å²) >= 11 is 0. The number of fused-ring (bicyclic) bond motifs is 5. The van der Waals surface area contributed by atoms with Gasteiger partial charge in [0, 0.05) is 12.4 Å². The van der Waals surface area contributed by atoms with Crippen molar-refractivity contribution >= 4 is 11.3 Å². The van der Waals surface area contributed by atoms with E-state index >= 15 is 0 Å². The number of nitrogens with zero attached hydrogens (tertiary/aromatic N) is 2. The normalized spacial score (nSPS) is 43.6. The van der Waals surface area contributed by atoms with Gasteiger partial charge in [0.1, 0.15) is 0 Å². The minimum absolute atomic E-state index is 0.273. The third kappa shape index (κ3) is 2.41. The maximum absolute atomic E-state index is 9.31. The molecule has 28 heavy (non-hydrogen) atoms. The Bertz CT molecular complexity index is 870. The van der Waals surface area contributed by atoms with Gasteiger partial charge in [0.2, 0.25) is 0 Å². The number of hydrogen-bond acceptors (Lipinski definition) is 3. The largest absolute Gasteiger partial charge is 0.411 e. The molecule has 0 aromatic carbocycles. The van der Waals surface area contributed by atoms with E-state index in [0.717, 1.165) is 36.3 Å². The lowest BCUT2D eigenvalue weighted by Crippen LogP contribution is -2.51. The first-order valence-corrected chi connectivity index (χ1v) is 11.0. The number of allylic oxidation sites excluding steroid dienone is 4. The second-order valence-corrected chi connectivity index (χ2v) is 10.2. The molecular weight excluding hydrogens is 344 g/mol. The van der Waals surface area contributed by atoms with E-state index < -0.39 is 0 Å². The average Bonchev–Trinajstić information content (AvgIpc) is 3.06. The lowest BCUT2D eigenvalue weighted by atomic mass is 9.45. The molecule has 0 spiro atoms. The quantitative estimate of drug-likeness (QED) is 0.474. The molecule has 4 aliphatic rings. The van der Waals surface area contributed by atoms with Gasteiger partial charge in [-0.05, 0) is 96.3 Å². The molecule has 148 valence electrons. The van der Waals surface area contributed by atoms with Gasteiger partial charge in [-0.15, -0.1) is 0 Å². The number of pyridine rings is 1. The highest BCUT2D eigenvalue weighted by Gasteiger charge is 2.58. The second-order valence-electron chi connectivity index (χ2n) is 10.2. The average molecular weight is 377 g/mol. The van der Waals surface area contributed by atoms with Gasteiger partial charge in [0.25, 0.3) is 0 Å². The summed E-state index contributed by atoms with van der Waals surface area (Å²) in [5, 5.41) is 12.9. The molecule has 1 N–H and O–H groups in total. The van der Waals surface area contributed by atoms with Crippen LogP contribution in [-0.2, 0) is 0 Å². The Morgan fingerprint density at radius 1 is 1.18 bits per heavy atom. The molecule has 0 bridgehead atoms. The van der Waals surface area contributed by atoms with Crippen molar-refractivity contribution in [2.24, 2.45) is 39.7 Å². The maximum Gasteiger partial charge on any atom is 0.0795 e. The van der Waals surface area contributed by atoms with Crippen LogP contribution in [0.2, 0.25) is 0 Å². The maximum atomic E-state index is 9.31. The minimum atomic E-state index is 0.273. The Labute approximate surface area is 168 Å². The lowest BCUT2D eigenvalue weighted by Gasteiger charge is -2.59. The highest BCUT2D eigenvalue weighted by molar-refractivity contribution is 5.96. The Balaban J connectivity index is 1.50. The number of oxime groups is 1. The number of aromatic nitrogens is 1. The first-order chi connectivity index (χ1) is 13.5. The van der Waals surface area contributed by atoms with Crippen molar-refractivity contribution in [3.8, 4) is 0 Å². The van der Waals surface area contributed by atoms with Gasteiger partial charge in [-0.1, -0.05) is 43.6 Å². The predicted molar refractivity (Wildman–Crippen MR) is 113 cm³/mol. The predicted octanol–water partition coefficient (Wildman–Crippen LogP) is 6.11. The minimum Gasteiger partial charge on any atom is -0.411 e. The molecule has 1 aromatic heterocycles. The van der Waals surface area contributed by atoms with Crippen molar-refractivity contribution in [2.75, 3.05) is 0 Å². The monoisotopic (exact) mass is 376 g/mol. The van der Waals surface area contributed by atoms with Crippen molar-refractivity contribution < 1.29 is 5.21 Å². The number of rotatable bonds is 1. The van der Waals surface area contributed by atoms with Crippen LogP contribution in [0.25, 0.3) is 5.57 Å². The summed E-state index contributed by atoms with van der Waals surface area (Å²) in [6, 6.07) is 4.31. The van der Waals surface area contributed by atoms with E-state index in [9.17, 15) is 5.21 Å². The van der Waals surface area contributed by atoms with E-state index in [-0.39, 0.29) is 10.8 Å². The van der Waals surface area contributed by atoms with Gasteiger partial charge < -0.3 is 5.21 Å². The molecule has 2 fully saturated rings. The molecule has 4 aliphatic carbocycles. The van der Waals surface area contributed by atoms with Crippen LogP contribution in [0.1, 0.15) is 64.9 Å². The molecule has 2 saturated carbocycles. The van der Waals surface area contributed by atoms with Gasteiger partial charge >= 0.3 is 0 Å². The smallest absolute Gasteiger partial charge is 0.0795 e. The Morgan fingerprint density at radius 3 is 2.79 bits per heavy atom. The molecule has 1 aromatic rings. The molecular formula is C25H32N2O. The second kappa shape index (κ2) is 6.30. The summed E-state index contributed by atoms with van der Waals surface area (Å²) in [5.74, 6) is 2.87. The van der Waals surface area contributed by atoms with Crippen LogP contribution in [0.5, 0.6) is 0 Å². The van der Waals surface area contributed by atoms with Crippen molar-refractivity contribution in [1.82, 2.24) is 4.98 Å². The van der Waals surface area contributed by atoms with Crippen LogP contribution >= 0.6 is 0 Å². The fraction of sp³-hybridized carbons (Fsp3) is 0.600. The Hall–Kier alpha value is -1.90. The lowest BCUT2D eigenvalue weighted by molar-refractivity contribution is -0.0319. The van der Waals surface area contributed by atoms with Gasteiger partial charge in [-0.2, -0.15) is 0 Å². The highest BCUT2D eigenvalue weighted by atomic mass is 16.4. The summed E-state index contributed by atoms with van der Waals surface area (Å²) in [6.45, 7) is 7.43. The molecule has 0 saturated heterocycles. The summed E-state index contributed by atoms with van der Waals surface area (Å²) in [6.07, 6.45) is 15.8. The molecule has 0 aliphatic heterocycles. The standard InChI is InChI=1S/C25H32N2O/c1-16-13-19-21-7-6-20(17-5-4-12-26-15-17)24(21,2)11-9-22(19)25(3)10-8-18(27-28)14-23(16)25/h4-6,12,14-16,19,21-22,28H,7-11,13H2,1-3H3/b27-18+/t16?,19-,21-,22-,24+,25+/m0/s1. The van der Waals surface area contributed by atoms with Gasteiger partial charge in [-0.3, -0.25) is 4.98 Å². The Kier molecular flexibility index (Phi) is 4.08. The molecule has 3 nitrogen and oxygen atoms in total. The molecule has 1 heterocycles. The van der Waals surface area contributed by atoms with Crippen LogP contribution in [0.3, 0.4) is 0 Å². The van der Waals surface area contributed by atoms with E-state index in [4.69, 9.17) is 0 Å². The fourth-order valence-electron chi connectivity index (χ4n) is 7.61. The first kappa shape index (κ1) is 18.1. The van der Waals surface area contributed by atoms with Crippen molar-refractivity contribution in [1.29, 1.82) is 0 Å². The third-order valence-electron chi connectivity index (χ3n) is 8.98. The zero-order valence-electron chi connectivity index (χ0n) is 17.4. The molecule has 3 heteroatoms. The SMILES string of the molecule is CC1C[C@@H]2[C@H](CC[C@]3(C)C(c4cccnc4)=CC[C@@H]23)[C@@]2(C)CC/C(=N\O)C=C12. The van der Waals surface area contributed by atoms with Crippen molar-refractivity contribution in [3.63, 3.8) is 0 Å². The fourth-order valence-corrected chi connectivity index (χ4v) is 7.61. The number of hydrogen-bond donors (Lipinski definition) is 1. The Morgan fingerprint density at radius 2 is 2.04 bits per heavy atom. The van der Waals surface area contributed by atoms with Gasteiger partial charge in [0.15, 0.2) is 0 Å². The molecule has 0 amide bonds. The highest BCUT2D eigenvalue weighted by Crippen LogP contribution is 2.67. The van der Waals surface area contributed by atoms with E-state index in [1.54, 1.807) is 11.1 Å². The first-order valence-electron chi connectivity index (χ1n) is 11.0. The summed E-state index contributed by atoms with van der Waals surface area (Å²) in [7, 11) is 0. The molecule has 0 radical (unpaired) electrons. The molecule has 1 unspecified atom stereocenters. The van der Waals surface area contributed by atoms with E-state index in [2.05, 4.69) is 55.2 Å². The summed E-state index contributed by atoms with van der Waals surface area (Å²) < 4.78 is 0. The van der Waals surface area contributed by atoms with E-state index in [1.807, 2.05) is 12.4 Å². The van der Waals surface area contributed by atoms with Crippen molar-refractivity contribution in [3.05, 3.63) is 47.8 Å². The van der Waals surface area contributed by atoms with Crippen LogP contribution in [-0.4, -0.2) is 15.9 Å². The van der Waals surface area contributed by atoms with Crippen LogP contribution in [0, 0.1) is 34.5 Å². The van der Waals surface area contributed by atoms with Crippen LogP contribution in [0.4, 0.5) is 0 Å². The van der Waals surface area contributed by atoms with Crippen LogP contribution in [0.15, 0.2) is 47.4 Å².